The number of carboxylic acid groups (broad SMARTS) is 1. The fraction of sp³-hybridized carbons (Fsp3) is 0.0909. The molecule has 0 aliphatic rings. The number of esters is 1. The van der Waals surface area contributed by atoms with Crippen molar-refractivity contribution in [3.8, 4) is 17.6 Å². The Morgan fingerprint density at radius 3 is 2.56 bits per heavy atom. The Morgan fingerprint density at radius 1 is 1.38 bits per heavy atom. The van der Waals surface area contributed by atoms with Gasteiger partial charge in [-0.1, -0.05) is 5.92 Å². The van der Waals surface area contributed by atoms with Gasteiger partial charge in [0.25, 0.3) is 0 Å². The number of carboxylic acids is 1. The minimum atomic E-state index is -1.15. The van der Waals surface area contributed by atoms with E-state index in [1.54, 1.807) is 0 Å². The Hall–Kier alpha value is -2.48. The number of carbonyl (C=O) groups excluding carboxylic acids is 1. The van der Waals surface area contributed by atoms with Crippen LogP contribution in [0, 0.1) is 11.8 Å². The molecule has 82 valence electrons. The molecule has 16 heavy (non-hydrogen) atoms. The number of benzene rings is 1. The molecule has 0 radical (unpaired) electrons. The zero-order chi connectivity index (χ0) is 12.1. The smallest absolute Gasteiger partial charge is 0.384 e. The molecule has 1 aromatic rings. The standard InChI is InChI=1S/C11H8O5/c1-16-10(13)5-4-7-2-3-8(11(14)15)6-9(7)12/h2-3,6,12H,1H3,(H,14,15). The van der Waals surface area contributed by atoms with E-state index in [1.165, 1.54) is 19.2 Å². The molecule has 0 aliphatic heterocycles. The Bertz CT molecular complexity index is 493. The van der Waals surface area contributed by atoms with Crippen LogP contribution in [0.5, 0.6) is 5.75 Å². The van der Waals surface area contributed by atoms with Crippen molar-refractivity contribution in [2.45, 2.75) is 0 Å². The lowest BCUT2D eigenvalue weighted by Gasteiger charge is -1.98. The number of aromatic carboxylic acids is 1. The molecule has 0 spiro atoms. The molecular formula is C11H8O5. The van der Waals surface area contributed by atoms with Crippen LogP contribution < -0.4 is 0 Å². The highest BCUT2D eigenvalue weighted by atomic mass is 16.5. The highest BCUT2D eigenvalue weighted by Crippen LogP contribution is 2.17. The van der Waals surface area contributed by atoms with Crippen LogP contribution in [0.4, 0.5) is 0 Å². The lowest BCUT2D eigenvalue weighted by atomic mass is 10.1. The molecule has 0 heterocycles. The van der Waals surface area contributed by atoms with Gasteiger partial charge in [0.1, 0.15) is 5.75 Å². The lowest BCUT2D eigenvalue weighted by Crippen LogP contribution is -1.96. The second kappa shape index (κ2) is 4.84. The number of phenolic OH excluding ortho intramolecular Hbond substituents is 1. The Kier molecular flexibility index (Phi) is 3.51. The van der Waals surface area contributed by atoms with Crippen LogP contribution >= 0.6 is 0 Å². The first-order valence-electron chi connectivity index (χ1n) is 4.21. The van der Waals surface area contributed by atoms with Gasteiger partial charge in [-0.25, -0.2) is 9.59 Å². The van der Waals surface area contributed by atoms with E-state index < -0.39 is 11.9 Å². The van der Waals surface area contributed by atoms with E-state index in [-0.39, 0.29) is 16.9 Å². The number of rotatable bonds is 1. The minimum Gasteiger partial charge on any atom is -0.507 e. The van der Waals surface area contributed by atoms with Crippen molar-refractivity contribution in [2.24, 2.45) is 0 Å². The fourth-order valence-electron chi connectivity index (χ4n) is 0.940. The van der Waals surface area contributed by atoms with E-state index in [0.29, 0.717) is 0 Å². The predicted octanol–water partition coefficient (Wildman–Crippen LogP) is 0.615. The average Bonchev–Trinajstić information content (AvgIpc) is 2.26. The number of phenols is 1. The molecule has 1 aromatic carbocycles. The van der Waals surface area contributed by atoms with Crippen LogP contribution in [0.2, 0.25) is 0 Å². The summed E-state index contributed by atoms with van der Waals surface area (Å²) >= 11 is 0. The summed E-state index contributed by atoms with van der Waals surface area (Å²) in [6.07, 6.45) is 0. The van der Waals surface area contributed by atoms with Crippen molar-refractivity contribution in [3.05, 3.63) is 29.3 Å². The van der Waals surface area contributed by atoms with E-state index in [2.05, 4.69) is 16.6 Å². The minimum absolute atomic E-state index is 0.0545. The highest BCUT2D eigenvalue weighted by molar-refractivity contribution is 5.90. The summed E-state index contributed by atoms with van der Waals surface area (Å²) in [7, 11) is 1.18. The first kappa shape index (κ1) is 11.6. The number of methoxy groups -OCH3 is 1. The first-order chi connectivity index (χ1) is 7.54. The van der Waals surface area contributed by atoms with Crippen molar-refractivity contribution in [1.29, 1.82) is 0 Å². The van der Waals surface area contributed by atoms with Gasteiger partial charge in [0.05, 0.1) is 18.2 Å². The molecule has 0 saturated heterocycles. The Labute approximate surface area is 91.3 Å². The summed E-state index contributed by atoms with van der Waals surface area (Å²) in [5.74, 6) is 2.30. The second-order valence-corrected chi connectivity index (χ2v) is 2.78. The van der Waals surface area contributed by atoms with Crippen molar-refractivity contribution in [3.63, 3.8) is 0 Å². The number of hydrogen-bond donors (Lipinski definition) is 2. The van der Waals surface area contributed by atoms with Gasteiger partial charge in [-0.15, -0.1) is 0 Å². The van der Waals surface area contributed by atoms with Gasteiger partial charge in [0, 0.05) is 5.92 Å². The van der Waals surface area contributed by atoms with E-state index in [9.17, 15) is 14.7 Å². The van der Waals surface area contributed by atoms with Gasteiger partial charge >= 0.3 is 11.9 Å². The van der Waals surface area contributed by atoms with Crippen LogP contribution in [-0.2, 0) is 9.53 Å². The number of ether oxygens (including phenoxy) is 1. The largest absolute Gasteiger partial charge is 0.507 e. The summed E-state index contributed by atoms with van der Waals surface area (Å²) in [5.41, 5.74) is 0.108. The van der Waals surface area contributed by atoms with E-state index >= 15 is 0 Å². The third kappa shape index (κ3) is 2.75. The highest BCUT2D eigenvalue weighted by Gasteiger charge is 2.06. The van der Waals surface area contributed by atoms with Crippen LogP contribution in [0.25, 0.3) is 0 Å². The molecule has 0 atom stereocenters. The van der Waals surface area contributed by atoms with Gasteiger partial charge in [-0.2, -0.15) is 0 Å². The number of hydrogen-bond acceptors (Lipinski definition) is 4. The normalized spacial score (nSPS) is 8.81. The van der Waals surface area contributed by atoms with Crippen molar-refractivity contribution in [1.82, 2.24) is 0 Å². The predicted molar refractivity (Wildman–Crippen MR) is 54.0 cm³/mol. The summed E-state index contributed by atoms with van der Waals surface area (Å²) in [6, 6.07) is 3.65. The second-order valence-electron chi connectivity index (χ2n) is 2.78. The molecule has 0 unspecified atom stereocenters. The zero-order valence-electron chi connectivity index (χ0n) is 8.35. The summed E-state index contributed by atoms with van der Waals surface area (Å²) in [5, 5.41) is 18.0. The first-order valence-corrected chi connectivity index (χ1v) is 4.21. The quantitative estimate of drug-likeness (QED) is 0.535. The SMILES string of the molecule is COC(=O)C#Cc1ccc(C(=O)O)cc1O. The van der Waals surface area contributed by atoms with Crippen LogP contribution in [0.1, 0.15) is 15.9 Å². The van der Waals surface area contributed by atoms with E-state index in [0.717, 1.165) is 6.07 Å². The number of carbonyl (C=O) groups is 2. The van der Waals surface area contributed by atoms with Gasteiger partial charge in [0.15, 0.2) is 0 Å². The Balaban J connectivity index is 3.03. The molecule has 5 heteroatoms. The molecule has 1 rings (SSSR count). The van der Waals surface area contributed by atoms with Gasteiger partial charge < -0.3 is 14.9 Å². The fourth-order valence-corrected chi connectivity index (χ4v) is 0.940. The van der Waals surface area contributed by atoms with Crippen LogP contribution in [0.3, 0.4) is 0 Å². The van der Waals surface area contributed by atoms with Gasteiger partial charge in [-0.05, 0) is 18.2 Å². The third-order valence-electron chi connectivity index (χ3n) is 1.73. The molecule has 2 N–H and O–H groups in total. The van der Waals surface area contributed by atoms with Gasteiger partial charge in [0.2, 0.25) is 0 Å². The van der Waals surface area contributed by atoms with Crippen LogP contribution in [0.15, 0.2) is 18.2 Å². The molecule has 0 bridgehead atoms. The molecule has 0 fully saturated rings. The van der Waals surface area contributed by atoms with Crippen molar-refractivity contribution in [2.75, 3.05) is 7.11 Å². The maximum atomic E-state index is 10.7. The van der Waals surface area contributed by atoms with Gasteiger partial charge in [-0.3, -0.25) is 0 Å². The summed E-state index contributed by atoms with van der Waals surface area (Å²) < 4.78 is 4.29. The molecule has 0 aromatic heterocycles. The maximum absolute atomic E-state index is 10.7. The van der Waals surface area contributed by atoms with E-state index in [4.69, 9.17) is 5.11 Å². The van der Waals surface area contributed by atoms with Crippen molar-refractivity contribution >= 4 is 11.9 Å². The molecular weight excluding hydrogens is 212 g/mol. The number of aromatic hydroxyl groups is 1. The molecule has 0 saturated carbocycles. The monoisotopic (exact) mass is 220 g/mol. The summed E-state index contributed by atoms with van der Waals surface area (Å²) in [6.45, 7) is 0. The average molecular weight is 220 g/mol. The lowest BCUT2D eigenvalue weighted by molar-refractivity contribution is -0.133. The third-order valence-corrected chi connectivity index (χ3v) is 1.73. The molecule has 0 amide bonds. The van der Waals surface area contributed by atoms with Crippen molar-refractivity contribution < 1.29 is 24.5 Å². The molecule has 0 aliphatic carbocycles. The maximum Gasteiger partial charge on any atom is 0.384 e. The zero-order valence-corrected chi connectivity index (χ0v) is 8.35. The Morgan fingerprint density at radius 2 is 2.06 bits per heavy atom. The summed E-state index contributed by atoms with van der Waals surface area (Å²) in [4.78, 5) is 21.3. The molecule has 5 nitrogen and oxygen atoms in total. The van der Waals surface area contributed by atoms with E-state index in [1.807, 2.05) is 0 Å². The van der Waals surface area contributed by atoms with Crippen LogP contribution in [-0.4, -0.2) is 29.3 Å². The topological polar surface area (TPSA) is 83.8 Å².